The van der Waals surface area contributed by atoms with Crippen LogP contribution in [0.2, 0.25) is 5.02 Å². The molecule has 0 saturated carbocycles. The lowest BCUT2D eigenvalue weighted by Crippen LogP contribution is -2.36. The summed E-state index contributed by atoms with van der Waals surface area (Å²) in [6, 6.07) is 13.7. The molecule has 2 rings (SSSR count). The molecule has 1 aromatic heterocycles. The van der Waals surface area contributed by atoms with Crippen molar-refractivity contribution in [1.29, 1.82) is 0 Å². The number of halogens is 1. The van der Waals surface area contributed by atoms with E-state index in [1.807, 2.05) is 49.4 Å². The number of aryl methyl sites for hydroxylation is 1. The molecule has 2 N–H and O–H groups in total. The number of aliphatic imine (C=N–C) groups is 1. The molecule has 4 nitrogen and oxygen atoms in total. The van der Waals surface area contributed by atoms with E-state index in [0.29, 0.717) is 13.1 Å². The minimum absolute atomic E-state index is 0.626. The van der Waals surface area contributed by atoms with Gasteiger partial charge in [0.2, 0.25) is 0 Å². The van der Waals surface area contributed by atoms with Crippen molar-refractivity contribution in [2.45, 2.75) is 20.0 Å². The van der Waals surface area contributed by atoms with Crippen LogP contribution in [0, 0.1) is 6.92 Å². The molecule has 0 amide bonds. The van der Waals surface area contributed by atoms with Gasteiger partial charge in [0.1, 0.15) is 0 Å². The highest BCUT2D eigenvalue weighted by molar-refractivity contribution is 6.31. The van der Waals surface area contributed by atoms with E-state index < -0.39 is 0 Å². The number of nitrogens with one attached hydrogen (secondary N) is 2. The SMILES string of the molecule is CN=C(NCc1cccc(C)n1)NCc1ccccc1Cl. The highest BCUT2D eigenvalue weighted by Crippen LogP contribution is 2.14. The topological polar surface area (TPSA) is 49.3 Å². The standard InChI is InChI=1S/C16H19ClN4/c1-12-6-5-8-14(21-12)11-20-16(18-2)19-10-13-7-3-4-9-15(13)17/h3-9H,10-11H2,1-2H3,(H2,18,19,20). The van der Waals surface area contributed by atoms with Gasteiger partial charge in [-0.15, -0.1) is 0 Å². The van der Waals surface area contributed by atoms with Gasteiger partial charge in [0.15, 0.2) is 5.96 Å². The zero-order valence-corrected chi connectivity index (χ0v) is 13.0. The number of hydrogen-bond acceptors (Lipinski definition) is 2. The maximum absolute atomic E-state index is 6.13. The smallest absolute Gasteiger partial charge is 0.191 e. The lowest BCUT2D eigenvalue weighted by molar-refractivity contribution is 0.792. The Morgan fingerprint density at radius 1 is 1.10 bits per heavy atom. The van der Waals surface area contributed by atoms with E-state index in [4.69, 9.17) is 11.6 Å². The van der Waals surface area contributed by atoms with Crippen LogP contribution in [0.4, 0.5) is 0 Å². The quantitative estimate of drug-likeness (QED) is 0.674. The Kier molecular flexibility index (Phi) is 5.58. The van der Waals surface area contributed by atoms with Gasteiger partial charge in [0.25, 0.3) is 0 Å². The fraction of sp³-hybridized carbons (Fsp3) is 0.250. The molecule has 5 heteroatoms. The number of benzene rings is 1. The summed E-state index contributed by atoms with van der Waals surface area (Å²) < 4.78 is 0. The minimum atomic E-state index is 0.626. The molecule has 0 spiro atoms. The lowest BCUT2D eigenvalue weighted by atomic mass is 10.2. The largest absolute Gasteiger partial charge is 0.352 e. The summed E-state index contributed by atoms with van der Waals surface area (Å²) in [4.78, 5) is 8.64. The van der Waals surface area contributed by atoms with Gasteiger partial charge in [-0.05, 0) is 30.7 Å². The molecule has 0 fully saturated rings. The van der Waals surface area contributed by atoms with Crippen molar-refractivity contribution in [3.8, 4) is 0 Å². The van der Waals surface area contributed by atoms with Crippen LogP contribution in [0.25, 0.3) is 0 Å². The predicted molar refractivity (Wildman–Crippen MR) is 87.5 cm³/mol. The fourth-order valence-electron chi connectivity index (χ4n) is 1.91. The van der Waals surface area contributed by atoms with Gasteiger partial charge in [0.05, 0.1) is 12.2 Å². The van der Waals surface area contributed by atoms with Crippen molar-refractivity contribution in [2.24, 2.45) is 4.99 Å². The summed E-state index contributed by atoms with van der Waals surface area (Å²) >= 11 is 6.13. The molecule has 0 saturated heterocycles. The van der Waals surface area contributed by atoms with Crippen LogP contribution in [0.1, 0.15) is 17.0 Å². The number of nitrogens with zero attached hydrogens (tertiary/aromatic N) is 2. The molecule has 2 aromatic rings. The third-order valence-corrected chi connectivity index (χ3v) is 3.38. The van der Waals surface area contributed by atoms with E-state index in [9.17, 15) is 0 Å². The summed E-state index contributed by atoms with van der Waals surface area (Å²) in [5.74, 6) is 0.721. The Hall–Kier alpha value is -2.07. The van der Waals surface area contributed by atoms with Crippen LogP contribution in [0.5, 0.6) is 0 Å². The summed E-state index contributed by atoms with van der Waals surface area (Å²) in [6.07, 6.45) is 0. The second kappa shape index (κ2) is 7.64. The zero-order valence-electron chi connectivity index (χ0n) is 12.2. The molecule has 0 bridgehead atoms. The van der Waals surface area contributed by atoms with Crippen molar-refractivity contribution in [1.82, 2.24) is 15.6 Å². The molecule has 0 aliphatic carbocycles. The summed E-state index contributed by atoms with van der Waals surface area (Å²) in [7, 11) is 1.74. The minimum Gasteiger partial charge on any atom is -0.352 e. The lowest BCUT2D eigenvalue weighted by Gasteiger charge is -2.12. The highest BCUT2D eigenvalue weighted by atomic mass is 35.5. The predicted octanol–water partition coefficient (Wildman–Crippen LogP) is 2.91. The zero-order chi connectivity index (χ0) is 15.1. The van der Waals surface area contributed by atoms with E-state index in [0.717, 1.165) is 27.9 Å². The molecule has 21 heavy (non-hydrogen) atoms. The van der Waals surface area contributed by atoms with Crippen LogP contribution in [-0.4, -0.2) is 18.0 Å². The Balaban J connectivity index is 1.88. The maximum atomic E-state index is 6.13. The van der Waals surface area contributed by atoms with E-state index in [1.165, 1.54) is 0 Å². The number of pyridine rings is 1. The first-order chi connectivity index (χ1) is 10.2. The van der Waals surface area contributed by atoms with Crippen LogP contribution in [0.15, 0.2) is 47.5 Å². The second-order valence-corrected chi connectivity index (χ2v) is 5.05. The van der Waals surface area contributed by atoms with Crippen molar-refractivity contribution in [3.63, 3.8) is 0 Å². The summed E-state index contributed by atoms with van der Waals surface area (Å²) in [5.41, 5.74) is 3.03. The van der Waals surface area contributed by atoms with Crippen molar-refractivity contribution in [3.05, 3.63) is 64.4 Å². The van der Waals surface area contributed by atoms with Gasteiger partial charge in [-0.25, -0.2) is 0 Å². The molecular formula is C16H19ClN4. The monoisotopic (exact) mass is 302 g/mol. The van der Waals surface area contributed by atoms with E-state index >= 15 is 0 Å². The number of guanidine groups is 1. The average molecular weight is 303 g/mol. The first kappa shape index (κ1) is 15.3. The van der Waals surface area contributed by atoms with Crippen LogP contribution in [-0.2, 0) is 13.1 Å². The fourth-order valence-corrected chi connectivity index (χ4v) is 2.12. The van der Waals surface area contributed by atoms with Gasteiger partial charge < -0.3 is 10.6 Å². The van der Waals surface area contributed by atoms with Crippen LogP contribution in [0.3, 0.4) is 0 Å². The molecule has 0 aliphatic rings. The molecule has 1 heterocycles. The number of rotatable bonds is 4. The number of aromatic nitrogens is 1. The molecule has 0 atom stereocenters. The van der Waals surface area contributed by atoms with E-state index in [-0.39, 0.29) is 0 Å². The van der Waals surface area contributed by atoms with Gasteiger partial charge >= 0.3 is 0 Å². The maximum Gasteiger partial charge on any atom is 0.191 e. The van der Waals surface area contributed by atoms with Crippen molar-refractivity contribution in [2.75, 3.05) is 7.05 Å². The molecule has 1 aromatic carbocycles. The molecule has 110 valence electrons. The Bertz CT molecular complexity index is 625. The third-order valence-electron chi connectivity index (χ3n) is 3.01. The van der Waals surface area contributed by atoms with E-state index in [2.05, 4.69) is 20.6 Å². The second-order valence-electron chi connectivity index (χ2n) is 4.64. The highest BCUT2D eigenvalue weighted by Gasteiger charge is 2.02. The number of hydrogen-bond donors (Lipinski definition) is 2. The van der Waals surface area contributed by atoms with Gasteiger partial charge in [-0.2, -0.15) is 0 Å². The summed E-state index contributed by atoms with van der Waals surface area (Å²) in [5, 5.41) is 7.22. The molecule has 0 radical (unpaired) electrons. The summed E-state index contributed by atoms with van der Waals surface area (Å²) in [6.45, 7) is 3.23. The Labute approximate surface area is 130 Å². The molecular weight excluding hydrogens is 284 g/mol. The van der Waals surface area contributed by atoms with Gasteiger partial charge in [-0.3, -0.25) is 9.98 Å². The van der Waals surface area contributed by atoms with Crippen LogP contribution >= 0.6 is 11.6 Å². The van der Waals surface area contributed by atoms with Gasteiger partial charge in [0, 0.05) is 24.3 Å². The Morgan fingerprint density at radius 2 is 1.86 bits per heavy atom. The van der Waals surface area contributed by atoms with Crippen molar-refractivity contribution >= 4 is 17.6 Å². The Morgan fingerprint density at radius 3 is 2.57 bits per heavy atom. The molecule has 0 unspecified atom stereocenters. The first-order valence-electron chi connectivity index (χ1n) is 6.79. The first-order valence-corrected chi connectivity index (χ1v) is 7.17. The average Bonchev–Trinajstić information content (AvgIpc) is 2.49. The van der Waals surface area contributed by atoms with Gasteiger partial charge in [-0.1, -0.05) is 35.9 Å². The van der Waals surface area contributed by atoms with Crippen LogP contribution < -0.4 is 10.6 Å². The van der Waals surface area contributed by atoms with E-state index in [1.54, 1.807) is 7.05 Å². The normalized spacial score (nSPS) is 11.3. The molecule has 0 aliphatic heterocycles. The third kappa shape index (κ3) is 4.76. The van der Waals surface area contributed by atoms with Crippen molar-refractivity contribution < 1.29 is 0 Å².